The number of fused-ring (bicyclic) bond motifs is 5. The second-order valence-electron chi connectivity index (χ2n) is 10.8. The van der Waals surface area contributed by atoms with E-state index in [4.69, 9.17) is 4.18 Å². The molecule has 0 aliphatic heterocycles. The van der Waals surface area contributed by atoms with E-state index in [1.165, 1.54) is 19.3 Å². The number of hydrogen-bond donors (Lipinski definition) is 0. The summed E-state index contributed by atoms with van der Waals surface area (Å²) in [5.74, 6) is 1.86. The first kappa shape index (κ1) is 22.4. The van der Waals surface area contributed by atoms with E-state index in [-0.39, 0.29) is 17.1 Å². The van der Waals surface area contributed by atoms with Crippen LogP contribution < -0.4 is 0 Å². The summed E-state index contributed by atoms with van der Waals surface area (Å²) in [5.41, 5.74) is -5.74. The zero-order valence-corrected chi connectivity index (χ0v) is 19.2. The SMILES string of the molecule is CN(C)[C@H]1CC[C@@]2(C)C(CC[C@@H]3C2CC[C@]2(C)C(OS(=O)(=O)C(F)(F)F)=CC[C@@H]32)C1. The van der Waals surface area contributed by atoms with Gasteiger partial charge in [0.15, 0.2) is 0 Å². The second-order valence-corrected chi connectivity index (χ2v) is 12.3. The van der Waals surface area contributed by atoms with Gasteiger partial charge in [0.2, 0.25) is 0 Å². The molecule has 4 nitrogen and oxygen atoms in total. The minimum Gasteiger partial charge on any atom is -0.380 e. The van der Waals surface area contributed by atoms with Gasteiger partial charge >= 0.3 is 15.6 Å². The molecule has 0 aromatic rings. The standard InChI is InChI=1S/C22H34F3NO3S/c1-20-11-9-15(26(3)4)13-14(20)5-6-16-17-7-8-19(21(17,2)12-10-18(16)20)29-30(27,28)22(23,24)25/h8,14-18H,5-7,9-13H2,1-4H3/t14?,15-,16-,17-,18?,20-,21-/m0/s1. The Bertz CT molecular complexity index is 824. The first-order chi connectivity index (χ1) is 13.8. The third-order valence-corrected chi connectivity index (χ3v) is 10.3. The monoisotopic (exact) mass is 449 g/mol. The van der Waals surface area contributed by atoms with Crippen molar-refractivity contribution in [3.8, 4) is 0 Å². The van der Waals surface area contributed by atoms with Crippen molar-refractivity contribution in [3.05, 3.63) is 11.8 Å². The molecule has 3 fully saturated rings. The molecule has 0 spiro atoms. The van der Waals surface area contributed by atoms with Gasteiger partial charge in [-0.3, -0.25) is 0 Å². The van der Waals surface area contributed by atoms with Gasteiger partial charge in [0.1, 0.15) is 5.76 Å². The molecule has 4 rings (SSSR count). The molecule has 4 aliphatic carbocycles. The van der Waals surface area contributed by atoms with Gasteiger partial charge in [-0.2, -0.15) is 21.6 Å². The summed E-state index contributed by atoms with van der Waals surface area (Å²) in [6, 6.07) is 0.634. The lowest BCUT2D eigenvalue weighted by atomic mass is 9.45. The highest BCUT2D eigenvalue weighted by atomic mass is 32.2. The molecular formula is C22H34F3NO3S. The van der Waals surface area contributed by atoms with Crippen LogP contribution in [0.1, 0.15) is 65.2 Å². The number of hydrogen-bond acceptors (Lipinski definition) is 4. The van der Waals surface area contributed by atoms with Crippen LogP contribution in [-0.4, -0.2) is 39.0 Å². The first-order valence-electron chi connectivity index (χ1n) is 11.2. The minimum atomic E-state index is -5.62. The average molecular weight is 450 g/mol. The van der Waals surface area contributed by atoms with E-state index in [2.05, 4.69) is 25.9 Å². The van der Waals surface area contributed by atoms with Crippen LogP contribution in [0.25, 0.3) is 0 Å². The molecule has 7 atom stereocenters. The van der Waals surface area contributed by atoms with E-state index in [9.17, 15) is 21.6 Å². The molecule has 8 heteroatoms. The quantitative estimate of drug-likeness (QED) is 0.432. The van der Waals surface area contributed by atoms with Crippen LogP contribution in [0, 0.1) is 34.5 Å². The Morgan fingerprint density at radius 3 is 2.40 bits per heavy atom. The maximum Gasteiger partial charge on any atom is 0.534 e. The summed E-state index contributed by atoms with van der Waals surface area (Å²) < 4.78 is 66.6. The lowest BCUT2D eigenvalue weighted by molar-refractivity contribution is -0.113. The van der Waals surface area contributed by atoms with E-state index in [0.29, 0.717) is 36.6 Å². The maximum atomic E-state index is 12.9. The van der Waals surface area contributed by atoms with Crippen molar-refractivity contribution >= 4 is 10.1 Å². The van der Waals surface area contributed by atoms with E-state index < -0.39 is 21.0 Å². The molecule has 0 saturated heterocycles. The zero-order chi connectivity index (χ0) is 22.1. The molecule has 0 heterocycles. The van der Waals surface area contributed by atoms with Gasteiger partial charge in [-0.1, -0.05) is 13.8 Å². The minimum absolute atomic E-state index is 0.0202. The predicted molar refractivity (Wildman–Crippen MR) is 109 cm³/mol. The molecule has 2 unspecified atom stereocenters. The Morgan fingerprint density at radius 1 is 1.07 bits per heavy atom. The Morgan fingerprint density at radius 2 is 1.77 bits per heavy atom. The van der Waals surface area contributed by atoms with Crippen molar-refractivity contribution in [3.63, 3.8) is 0 Å². The van der Waals surface area contributed by atoms with E-state index in [1.54, 1.807) is 6.08 Å². The topological polar surface area (TPSA) is 46.6 Å². The van der Waals surface area contributed by atoms with Gasteiger partial charge in [0.25, 0.3) is 0 Å². The Hall–Kier alpha value is -0.760. The molecule has 0 aromatic heterocycles. The molecule has 0 N–H and O–H groups in total. The lowest BCUT2D eigenvalue weighted by Crippen LogP contribution is -2.54. The van der Waals surface area contributed by atoms with Crippen LogP contribution in [0.4, 0.5) is 13.2 Å². The summed E-state index contributed by atoms with van der Waals surface area (Å²) in [6.07, 6.45) is 9.72. The fourth-order valence-electron chi connectivity index (χ4n) is 7.53. The first-order valence-corrected chi connectivity index (χ1v) is 12.6. The molecular weight excluding hydrogens is 415 g/mol. The van der Waals surface area contributed by atoms with Gasteiger partial charge in [0, 0.05) is 11.5 Å². The molecule has 3 saturated carbocycles. The van der Waals surface area contributed by atoms with Crippen LogP contribution in [0.15, 0.2) is 11.8 Å². The van der Waals surface area contributed by atoms with Gasteiger partial charge in [-0.25, -0.2) is 0 Å². The summed E-state index contributed by atoms with van der Waals surface area (Å²) in [4.78, 5) is 2.34. The number of alkyl halides is 3. The van der Waals surface area contributed by atoms with Crippen LogP contribution >= 0.6 is 0 Å². The number of halogens is 3. The smallest absolute Gasteiger partial charge is 0.380 e. The molecule has 0 radical (unpaired) electrons. The second kappa shape index (κ2) is 7.12. The van der Waals surface area contributed by atoms with E-state index >= 15 is 0 Å². The van der Waals surface area contributed by atoms with Crippen molar-refractivity contribution in [2.45, 2.75) is 76.8 Å². The van der Waals surface area contributed by atoms with Crippen molar-refractivity contribution in [1.82, 2.24) is 4.90 Å². The van der Waals surface area contributed by atoms with Crippen molar-refractivity contribution in [2.75, 3.05) is 14.1 Å². The zero-order valence-electron chi connectivity index (χ0n) is 18.3. The molecule has 172 valence electrons. The number of nitrogens with zero attached hydrogens (tertiary/aromatic N) is 1. The molecule has 4 aliphatic rings. The van der Waals surface area contributed by atoms with E-state index in [0.717, 1.165) is 19.3 Å². The lowest BCUT2D eigenvalue weighted by Gasteiger charge is -2.61. The third-order valence-electron chi connectivity index (χ3n) is 9.36. The molecule has 0 bridgehead atoms. The highest BCUT2D eigenvalue weighted by molar-refractivity contribution is 7.87. The molecule has 0 amide bonds. The maximum absolute atomic E-state index is 12.9. The highest BCUT2D eigenvalue weighted by Crippen LogP contribution is 2.66. The largest absolute Gasteiger partial charge is 0.534 e. The highest BCUT2D eigenvalue weighted by Gasteiger charge is 2.60. The Labute approximate surface area is 178 Å². The number of rotatable bonds is 3. The van der Waals surface area contributed by atoms with Gasteiger partial charge in [-0.15, -0.1) is 0 Å². The molecule has 0 aromatic carbocycles. The van der Waals surface area contributed by atoms with Crippen molar-refractivity contribution < 1.29 is 25.8 Å². The summed E-state index contributed by atoms with van der Waals surface area (Å²) in [7, 11) is -1.30. The summed E-state index contributed by atoms with van der Waals surface area (Å²) in [5, 5.41) is 0. The summed E-state index contributed by atoms with van der Waals surface area (Å²) >= 11 is 0. The normalized spacial score (nSPS) is 44.1. The van der Waals surface area contributed by atoms with Crippen molar-refractivity contribution in [1.29, 1.82) is 0 Å². The van der Waals surface area contributed by atoms with E-state index in [1.807, 2.05) is 6.92 Å². The Kier molecular flexibility index (Phi) is 5.33. The Balaban J connectivity index is 1.54. The van der Waals surface area contributed by atoms with Gasteiger partial charge < -0.3 is 9.08 Å². The third kappa shape index (κ3) is 3.31. The van der Waals surface area contributed by atoms with Crippen LogP contribution in [0.2, 0.25) is 0 Å². The predicted octanol–water partition coefficient (Wildman–Crippen LogP) is 5.32. The fourth-order valence-corrected chi connectivity index (χ4v) is 8.12. The van der Waals surface area contributed by atoms with Crippen molar-refractivity contribution in [2.24, 2.45) is 34.5 Å². The van der Waals surface area contributed by atoms with Gasteiger partial charge in [0.05, 0.1) is 0 Å². The number of allylic oxidation sites excluding steroid dienone is 2. The molecule has 30 heavy (non-hydrogen) atoms. The van der Waals surface area contributed by atoms with Crippen LogP contribution in [0.3, 0.4) is 0 Å². The summed E-state index contributed by atoms with van der Waals surface area (Å²) in [6.45, 7) is 4.35. The fraction of sp³-hybridized carbons (Fsp3) is 0.909. The average Bonchev–Trinajstić information content (AvgIpc) is 2.96. The van der Waals surface area contributed by atoms with Crippen LogP contribution in [0.5, 0.6) is 0 Å². The van der Waals surface area contributed by atoms with Crippen LogP contribution in [-0.2, 0) is 14.3 Å². The van der Waals surface area contributed by atoms with Gasteiger partial charge in [-0.05, 0) is 101 Å².